The fraction of sp³-hybridized carbons (Fsp3) is 0.429. The molecule has 60 valence electrons. The van der Waals surface area contributed by atoms with Gasteiger partial charge in [-0.05, 0) is 6.92 Å². The first kappa shape index (κ1) is 8.44. The number of carbonyl (C=O) groups excluding carboxylic acids is 1. The Morgan fingerprint density at radius 2 is 2.64 bits per heavy atom. The topological polar surface area (TPSA) is 49.4 Å². The minimum atomic E-state index is -1.40. The SMILES string of the molecule is CC[P+]([O-])=C1C=COC1C=O. The fourth-order valence-electron chi connectivity index (χ4n) is 0.868. The van der Waals surface area contributed by atoms with Gasteiger partial charge in [-0.15, -0.1) is 0 Å². The van der Waals surface area contributed by atoms with Crippen molar-refractivity contribution in [1.82, 2.24) is 0 Å². The van der Waals surface area contributed by atoms with Crippen LogP contribution < -0.4 is 4.89 Å². The van der Waals surface area contributed by atoms with Crippen molar-refractivity contribution in [2.75, 3.05) is 6.16 Å². The number of ether oxygens (including phenoxy) is 1. The van der Waals surface area contributed by atoms with Crippen LogP contribution in [0.1, 0.15) is 6.92 Å². The fourth-order valence-corrected chi connectivity index (χ4v) is 1.87. The zero-order valence-electron chi connectivity index (χ0n) is 6.19. The molecule has 3 nitrogen and oxygen atoms in total. The van der Waals surface area contributed by atoms with Crippen molar-refractivity contribution in [2.45, 2.75) is 13.0 Å². The highest BCUT2D eigenvalue weighted by Crippen LogP contribution is 2.20. The van der Waals surface area contributed by atoms with Crippen LogP contribution >= 0.6 is 7.77 Å². The summed E-state index contributed by atoms with van der Waals surface area (Å²) in [6, 6.07) is 0. The van der Waals surface area contributed by atoms with Crippen LogP contribution in [0.25, 0.3) is 0 Å². The molecule has 0 amide bonds. The summed E-state index contributed by atoms with van der Waals surface area (Å²) in [5.74, 6) is 0. The molecule has 0 fully saturated rings. The predicted octanol–water partition coefficient (Wildman–Crippen LogP) is 0.0473. The van der Waals surface area contributed by atoms with Crippen LogP contribution in [0.2, 0.25) is 0 Å². The number of hydrogen-bond donors (Lipinski definition) is 0. The Balaban J connectivity index is 2.85. The minimum absolute atomic E-state index is 0.558. The summed E-state index contributed by atoms with van der Waals surface area (Å²) in [4.78, 5) is 21.5. The van der Waals surface area contributed by atoms with Crippen LogP contribution in [0, 0.1) is 0 Å². The predicted molar refractivity (Wildman–Crippen MR) is 42.5 cm³/mol. The number of aldehydes is 1. The van der Waals surface area contributed by atoms with E-state index in [1.54, 1.807) is 6.08 Å². The van der Waals surface area contributed by atoms with E-state index in [-0.39, 0.29) is 0 Å². The lowest BCUT2D eigenvalue weighted by molar-refractivity contribution is -0.152. The van der Waals surface area contributed by atoms with Crippen LogP contribution in [0.5, 0.6) is 0 Å². The van der Waals surface area contributed by atoms with E-state index in [1.807, 2.05) is 6.92 Å². The van der Waals surface area contributed by atoms with E-state index in [2.05, 4.69) is 0 Å². The Morgan fingerprint density at radius 1 is 1.91 bits per heavy atom. The molecular weight excluding hydrogens is 163 g/mol. The largest absolute Gasteiger partial charge is 0.630 e. The molecule has 11 heavy (non-hydrogen) atoms. The van der Waals surface area contributed by atoms with Gasteiger partial charge >= 0.3 is 0 Å². The summed E-state index contributed by atoms with van der Waals surface area (Å²) >= 11 is 0. The third-order valence-electron chi connectivity index (χ3n) is 1.45. The van der Waals surface area contributed by atoms with Crippen molar-refractivity contribution >= 4 is 19.4 Å². The summed E-state index contributed by atoms with van der Waals surface area (Å²) in [5, 5.41) is 0.609. The van der Waals surface area contributed by atoms with Gasteiger partial charge in [0.2, 0.25) is 6.10 Å². The Labute approximate surface area is 66.1 Å². The van der Waals surface area contributed by atoms with Gasteiger partial charge in [-0.2, -0.15) is 0 Å². The molecule has 2 atom stereocenters. The third kappa shape index (κ3) is 1.67. The molecule has 0 bridgehead atoms. The van der Waals surface area contributed by atoms with E-state index in [0.29, 0.717) is 17.7 Å². The second kappa shape index (κ2) is 3.65. The standard InChI is InChI=1S/C7H9O3P/c1-2-11(9)7-3-4-10-6(7)5-8/h3-6H,2H2,1H3. The van der Waals surface area contributed by atoms with Gasteiger partial charge in [-0.25, -0.2) is 0 Å². The summed E-state index contributed by atoms with van der Waals surface area (Å²) in [7, 11) is -1.40. The van der Waals surface area contributed by atoms with Crippen molar-refractivity contribution < 1.29 is 14.4 Å². The summed E-state index contributed by atoms with van der Waals surface area (Å²) < 4.78 is 4.87. The molecular formula is C7H9O3P. The third-order valence-corrected chi connectivity index (χ3v) is 3.01. The highest BCUT2D eigenvalue weighted by molar-refractivity contribution is 7.52. The van der Waals surface area contributed by atoms with Crippen LogP contribution in [-0.2, 0) is 9.53 Å². The molecule has 0 aromatic carbocycles. The summed E-state index contributed by atoms with van der Waals surface area (Å²) in [6.45, 7) is 1.82. The van der Waals surface area contributed by atoms with Crippen molar-refractivity contribution in [2.24, 2.45) is 0 Å². The van der Waals surface area contributed by atoms with Gasteiger partial charge in [-0.3, -0.25) is 4.79 Å². The van der Waals surface area contributed by atoms with Gasteiger partial charge in [0.05, 0.1) is 14.0 Å². The maximum absolute atomic E-state index is 11.2. The Hall–Kier alpha value is -0.660. The molecule has 1 aliphatic heterocycles. The van der Waals surface area contributed by atoms with E-state index >= 15 is 0 Å². The van der Waals surface area contributed by atoms with Gasteiger partial charge in [0.15, 0.2) is 11.6 Å². The van der Waals surface area contributed by atoms with E-state index in [4.69, 9.17) is 4.74 Å². The highest BCUT2D eigenvalue weighted by Gasteiger charge is 2.23. The first-order valence-electron chi connectivity index (χ1n) is 3.38. The van der Waals surface area contributed by atoms with Crippen LogP contribution in [0.15, 0.2) is 12.3 Å². The van der Waals surface area contributed by atoms with E-state index in [0.717, 1.165) is 0 Å². The molecule has 0 aromatic rings. The summed E-state index contributed by atoms with van der Waals surface area (Å²) in [6.07, 6.45) is 3.65. The first-order valence-corrected chi connectivity index (χ1v) is 4.83. The van der Waals surface area contributed by atoms with E-state index in [1.165, 1.54) is 6.26 Å². The van der Waals surface area contributed by atoms with Crippen LogP contribution in [-0.4, -0.2) is 23.8 Å². The molecule has 0 N–H and O–H groups in total. The smallest absolute Gasteiger partial charge is 0.216 e. The second-order valence-electron chi connectivity index (χ2n) is 2.12. The van der Waals surface area contributed by atoms with E-state index in [9.17, 15) is 9.69 Å². The molecule has 0 aromatic heterocycles. The first-order chi connectivity index (χ1) is 5.29. The van der Waals surface area contributed by atoms with Gasteiger partial charge < -0.3 is 9.63 Å². The molecule has 1 aliphatic rings. The molecule has 0 spiro atoms. The molecule has 1 rings (SSSR count). The van der Waals surface area contributed by atoms with Crippen molar-refractivity contribution in [3.8, 4) is 0 Å². The van der Waals surface area contributed by atoms with Crippen molar-refractivity contribution in [3.63, 3.8) is 0 Å². The lowest BCUT2D eigenvalue weighted by atomic mass is 10.3. The highest BCUT2D eigenvalue weighted by atomic mass is 31.1. The average molecular weight is 172 g/mol. The lowest BCUT2D eigenvalue weighted by Crippen LogP contribution is -2.19. The molecule has 0 radical (unpaired) electrons. The Kier molecular flexibility index (Phi) is 2.80. The van der Waals surface area contributed by atoms with Gasteiger partial charge in [0.1, 0.15) is 6.16 Å². The van der Waals surface area contributed by atoms with Gasteiger partial charge in [-0.1, -0.05) is 0 Å². The molecule has 2 unspecified atom stereocenters. The number of hydrogen-bond acceptors (Lipinski definition) is 3. The average Bonchev–Trinajstić information content (AvgIpc) is 2.50. The van der Waals surface area contributed by atoms with Gasteiger partial charge in [0, 0.05) is 6.08 Å². The van der Waals surface area contributed by atoms with Crippen LogP contribution in [0.4, 0.5) is 0 Å². The van der Waals surface area contributed by atoms with Crippen LogP contribution in [0.3, 0.4) is 0 Å². The maximum atomic E-state index is 11.2. The van der Waals surface area contributed by atoms with Crippen molar-refractivity contribution in [3.05, 3.63) is 12.3 Å². The Morgan fingerprint density at radius 3 is 3.18 bits per heavy atom. The van der Waals surface area contributed by atoms with Crippen molar-refractivity contribution in [1.29, 1.82) is 0 Å². The molecule has 0 aliphatic carbocycles. The number of rotatable bonds is 2. The molecule has 0 saturated heterocycles. The van der Waals surface area contributed by atoms with Gasteiger partial charge in [0.25, 0.3) is 0 Å². The molecule has 4 heteroatoms. The molecule has 0 saturated carbocycles. The summed E-state index contributed by atoms with van der Waals surface area (Å²) in [5.41, 5.74) is 0. The zero-order valence-corrected chi connectivity index (χ0v) is 7.08. The number of carbonyl (C=O) groups is 1. The lowest BCUT2D eigenvalue weighted by Gasteiger charge is -2.02. The zero-order chi connectivity index (χ0) is 8.27. The monoisotopic (exact) mass is 172 g/mol. The Bertz CT molecular complexity index is 220. The quantitative estimate of drug-likeness (QED) is 0.436. The maximum Gasteiger partial charge on any atom is 0.216 e. The second-order valence-corrected chi connectivity index (χ2v) is 4.02. The normalized spacial score (nSPS) is 26.5. The molecule has 1 heterocycles. The van der Waals surface area contributed by atoms with E-state index < -0.39 is 13.9 Å². The minimum Gasteiger partial charge on any atom is -0.630 e.